The number of carboxylic acids is 1. The van der Waals surface area contributed by atoms with Crippen LogP contribution in [-0.2, 0) is 4.79 Å². The summed E-state index contributed by atoms with van der Waals surface area (Å²) in [5, 5.41) is 8.36. The second-order valence-electron chi connectivity index (χ2n) is 2.73. The lowest BCUT2D eigenvalue weighted by Gasteiger charge is -1.95. The molecule has 12 heavy (non-hydrogen) atoms. The van der Waals surface area contributed by atoms with Crippen molar-refractivity contribution in [3.63, 3.8) is 0 Å². The minimum absolute atomic E-state index is 0.138. The van der Waals surface area contributed by atoms with E-state index in [0.717, 1.165) is 11.1 Å². The zero-order valence-corrected chi connectivity index (χ0v) is 7.34. The summed E-state index contributed by atoms with van der Waals surface area (Å²) in [6.45, 7) is 9.26. The lowest BCUT2D eigenvalue weighted by Crippen LogP contribution is -1.93. The van der Waals surface area contributed by atoms with Gasteiger partial charge in [-0.05, 0) is 13.3 Å². The Morgan fingerprint density at radius 2 is 1.92 bits per heavy atom. The molecule has 0 aromatic rings. The number of rotatable bonds is 5. The largest absolute Gasteiger partial charge is 0.481 e. The molecular formula is C10H14O2. The summed E-state index contributed by atoms with van der Waals surface area (Å²) >= 11 is 0. The summed E-state index contributed by atoms with van der Waals surface area (Å²) in [4.78, 5) is 10.2. The topological polar surface area (TPSA) is 37.3 Å². The van der Waals surface area contributed by atoms with Gasteiger partial charge in [0, 0.05) is 6.42 Å². The highest BCUT2D eigenvalue weighted by molar-refractivity contribution is 5.67. The molecule has 0 aliphatic heterocycles. The number of allylic oxidation sites excluding steroid dienone is 4. The Labute approximate surface area is 72.9 Å². The lowest BCUT2D eigenvalue weighted by molar-refractivity contribution is -0.136. The van der Waals surface area contributed by atoms with Gasteiger partial charge in [-0.15, -0.1) is 0 Å². The molecule has 0 atom stereocenters. The molecule has 0 aliphatic rings. The molecule has 0 aliphatic carbocycles. The molecule has 0 rings (SSSR count). The minimum atomic E-state index is -0.792. The molecule has 1 N–H and O–H groups in total. The average molecular weight is 166 g/mol. The molecule has 66 valence electrons. The molecule has 0 amide bonds. The standard InChI is InChI=1S/C10H14O2/c1-8(2)4-5-9(3)6-7-10(11)12/h4-5H,1,3,6-7H2,2H3,(H,11,12)/b5-4-. The van der Waals surface area contributed by atoms with Crippen LogP contribution in [0.3, 0.4) is 0 Å². The van der Waals surface area contributed by atoms with Crippen LogP contribution in [0.4, 0.5) is 0 Å². The van der Waals surface area contributed by atoms with Crippen LogP contribution in [0, 0.1) is 0 Å². The van der Waals surface area contributed by atoms with Crippen molar-refractivity contribution < 1.29 is 9.90 Å². The first-order valence-corrected chi connectivity index (χ1v) is 3.75. The molecule has 0 saturated carbocycles. The van der Waals surface area contributed by atoms with Crippen LogP contribution in [-0.4, -0.2) is 11.1 Å². The fraction of sp³-hybridized carbons (Fsp3) is 0.300. The van der Waals surface area contributed by atoms with E-state index in [1.165, 1.54) is 0 Å². The van der Waals surface area contributed by atoms with Gasteiger partial charge in [-0.2, -0.15) is 0 Å². The number of hydrogen-bond acceptors (Lipinski definition) is 1. The van der Waals surface area contributed by atoms with E-state index in [1.54, 1.807) is 6.08 Å². The molecule has 0 heterocycles. The van der Waals surface area contributed by atoms with Crippen molar-refractivity contribution in [2.24, 2.45) is 0 Å². The van der Waals surface area contributed by atoms with Crippen LogP contribution in [0.2, 0.25) is 0 Å². The van der Waals surface area contributed by atoms with Gasteiger partial charge in [-0.25, -0.2) is 0 Å². The Balaban J connectivity index is 3.75. The predicted octanol–water partition coefficient (Wildman–Crippen LogP) is 2.54. The maximum absolute atomic E-state index is 10.2. The zero-order chi connectivity index (χ0) is 9.56. The predicted molar refractivity (Wildman–Crippen MR) is 50.0 cm³/mol. The van der Waals surface area contributed by atoms with E-state index in [0.29, 0.717) is 6.42 Å². The Kier molecular flexibility index (Phi) is 4.77. The minimum Gasteiger partial charge on any atom is -0.481 e. The monoisotopic (exact) mass is 166 g/mol. The Morgan fingerprint density at radius 1 is 1.33 bits per heavy atom. The molecular weight excluding hydrogens is 152 g/mol. The second kappa shape index (κ2) is 5.35. The van der Waals surface area contributed by atoms with Crippen LogP contribution in [0.1, 0.15) is 19.8 Å². The summed E-state index contributed by atoms with van der Waals surface area (Å²) in [5.74, 6) is -0.792. The van der Waals surface area contributed by atoms with Gasteiger partial charge < -0.3 is 5.11 Å². The van der Waals surface area contributed by atoms with Gasteiger partial charge >= 0.3 is 5.97 Å². The summed E-state index contributed by atoms with van der Waals surface area (Å²) in [6.07, 6.45) is 4.26. The third-order valence-corrected chi connectivity index (χ3v) is 1.26. The van der Waals surface area contributed by atoms with E-state index >= 15 is 0 Å². The van der Waals surface area contributed by atoms with Crippen LogP contribution in [0.5, 0.6) is 0 Å². The quantitative estimate of drug-likeness (QED) is 0.637. The normalized spacial score (nSPS) is 10.1. The van der Waals surface area contributed by atoms with Crippen molar-refractivity contribution in [1.29, 1.82) is 0 Å². The van der Waals surface area contributed by atoms with Crippen LogP contribution < -0.4 is 0 Å². The molecule has 2 nitrogen and oxygen atoms in total. The Morgan fingerprint density at radius 3 is 2.33 bits per heavy atom. The third-order valence-electron chi connectivity index (χ3n) is 1.26. The maximum Gasteiger partial charge on any atom is 0.303 e. The van der Waals surface area contributed by atoms with Crippen molar-refractivity contribution in [2.45, 2.75) is 19.8 Å². The molecule has 0 spiro atoms. The summed E-state index contributed by atoms with van der Waals surface area (Å²) in [7, 11) is 0. The number of hydrogen-bond donors (Lipinski definition) is 1. The molecule has 2 heteroatoms. The highest BCUT2D eigenvalue weighted by atomic mass is 16.4. The highest BCUT2D eigenvalue weighted by Gasteiger charge is 1.96. The van der Waals surface area contributed by atoms with E-state index in [4.69, 9.17) is 5.11 Å². The smallest absolute Gasteiger partial charge is 0.303 e. The van der Waals surface area contributed by atoms with E-state index in [9.17, 15) is 4.79 Å². The molecule has 0 aromatic carbocycles. The van der Waals surface area contributed by atoms with E-state index < -0.39 is 5.97 Å². The molecule has 0 radical (unpaired) electrons. The molecule has 0 saturated heterocycles. The van der Waals surface area contributed by atoms with Crippen molar-refractivity contribution in [2.75, 3.05) is 0 Å². The Bertz CT molecular complexity index is 224. The first-order chi connectivity index (χ1) is 5.52. The number of carbonyl (C=O) groups is 1. The van der Waals surface area contributed by atoms with Crippen molar-refractivity contribution >= 4 is 5.97 Å². The van der Waals surface area contributed by atoms with Gasteiger partial charge in [0.2, 0.25) is 0 Å². The fourth-order valence-electron chi connectivity index (χ4n) is 0.611. The first-order valence-electron chi connectivity index (χ1n) is 3.75. The molecule has 0 unspecified atom stereocenters. The first kappa shape index (κ1) is 10.7. The van der Waals surface area contributed by atoms with Crippen molar-refractivity contribution in [3.8, 4) is 0 Å². The van der Waals surface area contributed by atoms with Gasteiger partial charge in [-0.1, -0.05) is 36.5 Å². The van der Waals surface area contributed by atoms with E-state index in [-0.39, 0.29) is 6.42 Å². The zero-order valence-electron chi connectivity index (χ0n) is 7.34. The van der Waals surface area contributed by atoms with Crippen LogP contribution in [0.25, 0.3) is 0 Å². The highest BCUT2D eigenvalue weighted by Crippen LogP contribution is 2.05. The van der Waals surface area contributed by atoms with Gasteiger partial charge in [0.25, 0.3) is 0 Å². The SMILES string of the molecule is C=C(C)/C=C\C(=C)CCC(=O)O. The summed E-state index contributed by atoms with van der Waals surface area (Å²) in [6, 6.07) is 0. The molecule has 0 bridgehead atoms. The van der Waals surface area contributed by atoms with E-state index in [2.05, 4.69) is 13.2 Å². The van der Waals surface area contributed by atoms with Gasteiger partial charge in [0.1, 0.15) is 0 Å². The van der Waals surface area contributed by atoms with Crippen LogP contribution in [0.15, 0.2) is 36.5 Å². The maximum atomic E-state index is 10.2. The lowest BCUT2D eigenvalue weighted by atomic mass is 10.1. The molecule has 0 fully saturated rings. The fourth-order valence-corrected chi connectivity index (χ4v) is 0.611. The Hall–Kier alpha value is -1.31. The number of aliphatic carboxylic acids is 1. The summed E-state index contributed by atoms with van der Waals surface area (Å²) < 4.78 is 0. The number of carboxylic acid groups (broad SMARTS) is 1. The average Bonchev–Trinajstić information content (AvgIpc) is 1.96. The van der Waals surface area contributed by atoms with Crippen molar-refractivity contribution in [3.05, 3.63) is 36.5 Å². The third kappa shape index (κ3) is 6.81. The molecule has 0 aromatic heterocycles. The van der Waals surface area contributed by atoms with Gasteiger partial charge in [-0.3, -0.25) is 4.79 Å². The van der Waals surface area contributed by atoms with E-state index in [1.807, 2.05) is 13.0 Å². The summed E-state index contributed by atoms with van der Waals surface area (Å²) in [5.41, 5.74) is 1.76. The van der Waals surface area contributed by atoms with Crippen LogP contribution >= 0.6 is 0 Å². The van der Waals surface area contributed by atoms with Crippen molar-refractivity contribution in [1.82, 2.24) is 0 Å². The second-order valence-corrected chi connectivity index (χ2v) is 2.73. The van der Waals surface area contributed by atoms with Gasteiger partial charge in [0.05, 0.1) is 0 Å². The van der Waals surface area contributed by atoms with Gasteiger partial charge in [0.15, 0.2) is 0 Å².